The van der Waals surface area contributed by atoms with E-state index in [9.17, 15) is 4.57 Å². The molecule has 148 valence electrons. The summed E-state index contributed by atoms with van der Waals surface area (Å²) in [5, 5.41) is 5.50. The highest BCUT2D eigenvalue weighted by Crippen LogP contribution is 2.61. The highest BCUT2D eigenvalue weighted by Gasteiger charge is 2.37. The number of rotatable bonds is 10. The van der Waals surface area contributed by atoms with E-state index in [1.54, 1.807) is 0 Å². The predicted octanol–water partition coefficient (Wildman–Crippen LogP) is 6.65. The van der Waals surface area contributed by atoms with Gasteiger partial charge in [0.1, 0.15) is 0 Å². The van der Waals surface area contributed by atoms with Crippen LogP contribution in [0.5, 0.6) is 0 Å². The summed E-state index contributed by atoms with van der Waals surface area (Å²) in [6.07, 6.45) is 0. The zero-order chi connectivity index (χ0) is 19.8. The zero-order valence-electron chi connectivity index (χ0n) is 15.3. The van der Waals surface area contributed by atoms with Crippen molar-refractivity contribution in [1.82, 2.24) is 0 Å². The number of hydrogen-bond donors (Lipinski definition) is 1. The Balaban J connectivity index is 2.04. The summed E-state index contributed by atoms with van der Waals surface area (Å²) in [5.41, 5.74) is 1.64. The Labute approximate surface area is 175 Å². The molecule has 0 aliphatic heterocycles. The van der Waals surface area contributed by atoms with Gasteiger partial charge in [0.2, 0.25) is 0 Å². The van der Waals surface area contributed by atoms with Crippen molar-refractivity contribution in [2.45, 2.75) is 5.78 Å². The Morgan fingerprint density at radius 3 is 2.11 bits per heavy atom. The maximum Gasteiger partial charge on any atom is 0.357 e. The average molecular weight is 438 g/mol. The predicted molar refractivity (Wildman–Crippen MR) is 118 cm³/mol. The van der Waals surface area contributed by atoms with Gasteiger partial charge in [-0.15, -0.1) is 23.2 Å². The third kappa shape index (κ3) is 5.08. The number of alkyl halides is 2. The minimum atomic E-state index is -3.61. The van der Waals surface area contributed by atoms with Crippen molar-refractivity contribution < 1.29 is 13.6 Å². The summed E-state index contributed by atoms with van der Waals surface area (Å²) in [7, 11) is -3.61. The summed E-state index contributed by atoms with van der Waals surface area (Å²) in [4.78, 5) is 0. The summed E-state index contributed by atoms with van der Waals surface area (Å²) < 4.78 is 25.1. The Morgan fingerprint density at radius 1 is 0.821 bits per heavy atom. The molecule has 0 unspecified atom stereocenters. The van der Waals surface area contributed by atoms with Crippen LogP contribution in [0.1, 0.15) is 11.3 Å². The first-order valence-corrected chi connectivity index (χ1v) is 11.7. The molecule has 1 atom stereocenters. The fourth-order valence-electron chi connectivity index (χ4n) is 2.99. The molecular formula is C21H22Cl2NO3P. The molecule has 28 heavy (non-hydrogen) atoms. The first kappa shape index (κ1) is 21.2. The van der Waals surface area contributed by atoms with Gasteiger partial charge in [0, 0.05) is 22.8 Å². The Hall–Kier alpha value is -1.55. The van der Waals surface area contributed by atoms with Gasteiger partial charge in [0.05, 0.1) is 13.2 Å². The van der Waals surface area contributed by atoms with E-state index in [-0.39, 0.29) is 25.0 Å². The van der Waals surface area contributed by atoms with Crippen LogP contribution in [0.15, 0.2) is 72.8 Å². The summed E-state index contributed by atoms with van der Waals surface area (Å²) in [6.45, 7) is 0.226. The molecule has 0 bridgehead atoms. The smallest absolute Gasteiger partial charge is 0.357 e. The van der Waals surface area contributed by atoms with E-state index in [1.807, 2.05) is 72.8 Å². The lowest BCUT2D eigenvalue weighted by Crippen LogP contribution is -2.16. The van der Waals surface area contributed by atoms with Crippen molar-refractivity contribution in [2.75, 3.05) is 30.3 Å². The standard InChI is InChI=1S/C21H22Cl2NO3P/c22-13-15-26-28(25,27-16-14-23)21(18-8-2-1-3-9-18)24-20-12-6-10-17-7-4-5-11-19(17)20/h1-12,21,24H,13-16H2/t21-/m0/s1. The van der Waals surface area contributed by atoms with Crippen LogP contribution < -0.4 is 5.32 Å². The molecule has 0 aliphatic carbocycles. The molecule has 0 amide bonds. The van der Waals surface area contributed by atoms with Gasteiger partial charge >= 0.3 is 7.60 Å². The fraction of sp³-hybridized carbons (Fsp3) is 0.238. The topological polar surface area (TPSA) is 47.6 Å². The molecule has 0 saturated carbocycles. The molecule has 0 heterocycles. The monoisotopic (exact) mass is 437 g/mol. The second kappa shape index (κ2) is 10.3. The van der Waals surface area contributed by atoms with Crippen LogP contribution in [0.25, 0.3) is 10.8 Å². The van der Waals surface area contributed by atoms with E-state index in [2.05, 4.69) is 5.32 Å². The number of nitrogens with one attached hydrogen (secondary N) is 1. The average Bonchev–Trinajstić information content (AvgIpc) is 2.75. The molecule has 7 heteroatoms. The van der Waals surface area contributed by atoms with E-state index >= 15 is 0 Å². The van der Waals surface area contributed by atoms with Crippen molar-refractivity contribution in [1.29, 1.82) is 0 Å². The van der Waals surface area contributed by atoms with Crippen molar-refractivity contribution in [3.63, 3.8) is 0 Å². The van der Waals surface area contributed by atoms with Crippen molar-refractivity contribution in [3.8, 4) is 0 Å². The number of anilines is 1. The fourth-order valence-corrected chi connectivity index (χ4v) is 5.26. The third-order valence-electron chi connectivity index (χ3n) is 4.21. The number of hydrogen-bond acceptors (Lipinski definition) is 4. The molecule has 0 saturated heterocycles. The highest BCUT2D eigenvalue weighted by molar-refractivity contribution is 7.54. The summed E-state index contributed by atoms with van der Waals surface area (Å²) in [6, 6.07) is 23.4. The molecule has 1 N–H and O–H groups in total. The van der Waals surface area contributed by atoms with Gasteiger partial charge in [0.25, 0.3) is 0 Å². The lowest BCUT2D eigenvalue weighted by molar-refractivity contribution is 0.216. The summed E-state index contributed by atoms with van der Waals surface area (Å²) >= 11 is 11.6. The van der Waals surface area contributed by atoms with Gasteiger partial charge in [-0.1, -0.05) is 66.7 Å². The normalized spacial score (nSPS) is 12.8. The van der Waals surface area contributed by atoms with Crippen LogP contribution in [0.4, 0.5) is 5.69 Å². The largest absolute Gasteiger partial charge is 0.367 e. The van der Waals surface area contributed by atoms with Gasteiger partial charge in [-0.05, 0) is 17.0 Å². The Kier molecular flexibility index (Phi) is 7.78. The number of benzene rings is 3. The molecule has 0 aromatic heterocycles. The van der Waals surface area contributed by atoms with Crippen molar-refractivity contribution in [2.24, 2.45) is 0 Å². The number of fused-ring (bicyclic) bond motifs is 1. The first-order valence-electron chi connectivity index (χ1n) is 8.98. The molecule has 4 nitrogen and oxygen atoms in total. The Bertz CT molecular complexity index is 922. The molecular weight excluding hydrogens is 416 g/mol. The van der Waals surface area contributed by atoms with Gasteiger partial charge in [0.15, 0.2) is 5.78 Å². The third-order valence-corrected chi connectivity index (χ3v) is 6.66. The second-order valence-corrected chi connectivity index (χ2v) is 8.94. The molecule has 0 radical (unpaired) electrons. The summed E-state index contributed by atoms with van der Waals surface area (Å²) in [5.74, 6) is -0.278. The first-order chi connectivity index (χ1) is 13.7. The quantitative estimate of drug-likeness (QED) is 0.284. The van der Waals surface area contributed by atoms with Gasteiger partial charge < -0.3 is 14.4 Å². The molecule has 3 rings (SSSR count). The van der Waals surface area contributed by atoms with Gasteiger partial charge in [-0.3, -0.25) is 4.57 Å². The molecule has 3 aromatic rings. The van der Waals surface area contributed by atoms with Crippen LogP contribution >= 0.6 is 30.8 Å². The van der Waals surface area contributed by atoms with Crippen molar-refractivity contribution >= 4 is 47.3 Å². The maximum absolute atomic E-state index is 13.7. The van der Waals surface area contributed by atoms with E-state index in [1.165, 1.54) is 0 Å². The number of halogens is 2. The lowest BCUT2D eigenvalue weighted by Gasteiger charge is -2.29. The highest BCUT2D eigenvalue weighted by atomic mass is 35.5. The van der Waals surface area contributed by atoms with E-state index < -0.39 is 13.4 Å². The minimum Gasteiger partial charge on any atom is -0.367 e. The van der Waals surface area contributed by atoms with Gasteiger partial charge in [-0.25, -0.2) is 0 Å². The van der Waals surface area contributed by atoms with Crippen molar-refractivity contribution in [3.05, 3.63) is 78.4 Å². The maximum atomic E-state index is 13.7. The lowest BCUT2D eigenvalue weighted by atomic mass is 10.1. The molecule has 3 aromatic carbocycles. The van der Waals surface area contributed by atoms with Crippen LogP contribution in [-0.2, 0) is 13.6 Å². The zero-order valence-corrected chi connectivity index (χ0v) is 17.7. The molecule has 0 aliphatic rings. The van der Waals surface area contributed by atoms with Crippen LogP contribution in [0, 0.1) is 0 Å². The molecule has 0 spiro atoms. The SMILES string of the molecule is O=P(OCCCl)(OCCCl)[C@H](Nc1cccc2ccccc12)c1ccccc1. The van der Waals surface area contributed by atoms with E-state index in [0.29, 0.717) is 0 Å². The van der Waals surface area contributed by atoms with E-state index in [4.69, 9.17) is 32.2 Å². The minimum absolute atomic E-state index is 0.113. The Morgan fingerprint density at radius 2 is 1.43 bits per heavy atom. The molecule has 0 fully saturated rings. The van der Waals surface area contributed by atoms with Gasteiger partial charge in [-0.2, -0.15) is 0 Å². The van der Waals surface area contributed by atoms with E-state index in [0.717, 1.165) is 22.0 Å². The van der Waals surface area contributed by atoms with Crippen LogP contribution in [0.2, 0.25) is 0 Å². The van der Waals surface area contributed by atoms with Crippen LogP contribution in [0.3, 0.4) is 0 Å². The second-order valence-electron chi connectivity index (χ2n) is 6.07. The van der Waals surface area contributed by atoms with Crippen LogP contribution in [-0.4, -0.2) is 25.0 Å².